The highest BCUT2D eigenvalue weighted by atomic mass is 35.5. The maximum atomic E-state index is 13.2. The standard InChI is InChI=1S/C21H30N6O2.2ClH/c1-13-17(10-16-14(2)25-26(3)19(16)24-13)21(29)27-9-5-6-15(12-27)11-23-20(28)18-7-4-8-22-18;;/h10,15,18,22H,4-9,11-12H2,1-3H3,(H,23,28);2*1H. The molecular formula is C21H32Cl2N6O2. The zero-order valence-electron chi connectivity index (χ0n) is 18.3. The second-order valence-corrected chi connectivity index (χ2v) is 8.36. The number of hydrogen-bond acceptors (Lipinski definition) is 5. The van der Waals surface area contributed by atoms with Crippen LogP contribution in [0.2, 0.25) is 0 Å². The summed E-state index contributed by atoms with van der Waals surface area (Å²) in [5.41, 5.74) is 3.06. The van der Waals surface area contributed by atoms with Crippen LogP contribution in [0.1, 0.15) is 47.4 Å². The number of pyridine rings is 1. The van der Waals surface area contributed by atoms with Gasteiger partial charge in [0.2, 0.25) is 5.91 Å². The highest BCUT2D eigenvalue weighted by molar-refractivity contribution is 5.98. The number of carbonyl (C=O) groups is 2. The predicted molar refractivity (Wildman–Crippen MR) is 125 cm³/mol. The Balaban J connectivity index is 0.00000171. The molecule has 2 saturated heterocycles. The maximum absolute atomic E-state index is 13.2. The Labute approximate surface area is 195 Å². The van der Waals surface area contributed by atoms with E-state index in [4.69, 9.17) is 0 Å². The van der Waals surface area contributed by atoms with Crippen molar-refractivity contribution in [2.75, 3.05) is 26.2 Å². The molecule has 0 spiro atoms. The number of fused-ring (bicyclic) bond motifs is 1. The summed E-state index contributed by atoms with van der Waals surface area (Å²) in [5, 5.41) is 11.6. The Kier molecular flexibility index (Phi) is 8.68. The first-order valence-corrected chi connectivity index (χ1v) is 10.6. The van der Waals surface area contributed by atoms with Crippen LogP contribution in [0, 0.1) is 19.8 Å². The van der Waals surface area contributed by atoms with E-state index in [1.807, 2.05) is 31.9 Å². The fourth-order valence-corrected chi connectivity index (χ4v) is 4.51. The molecule has 2 aromatic rings. The predicted octanol–water partition coefficient (Wildman–Crippen LogP) is 2.15. The highest BCUT2D eigenvalue weighted by Crippen LogP contribution is 2.23. The van der Waals surface area contributed by atoms with Crippen molar-refractivity contribution < 1.29 is 9.59 Å². The number of likely N-dealkylation sites (tertiary alicyclic amines) is 1. The molecule has 0 aliphatic carbocycles. The highest BCUT2D eigenvalue weighted by Gasteiger charge is 2.28. The third-order valence-corrected chi connectivity index (χ3v) is 6.17. The number of amides is 2. The van der Waals surface area contributed by atoms with Crippen molar-refractivity contribution in [3.8, 4) is 0 Å². The van der Waals surface area contributed by atoms with Crippen LogP contribution < -0.4 is 10.6 Å². The molecule has 31 heavy (non-hydrogen) atoms. The van der Waals surface area contributed by atoms with E-state index in [0.717, 1.165) is 61.2 Å². The largest absolute Gasteiger partial charge is 0.354 e. The average Bonchev–Trinajstić information content (AvgIpc) is 3.34. The number of nitrogens with one attached hydrogen (secondary N) is 2. The van der Waals surface area contributed by atoms with E-state index in [-0.39, 0.29) is 48.6 Å². The monoisotopic (exact) mass is 470 g/mol. The van der Waals surface area contributed by atoms with Crippen molar-refractivity contribution in [1.29, 1.82) is 0 Å². The van der Waals surface area contributed by atoms with Gasteiger partial charge in [-0.2, -0.15) is 5.10 Å². The van der Waals surface area contributed by atoms with Crippen molar-refractivity contribution in [2.45, 2.75) is 45.6 Å². The topological polar surface area (TPSA) is 92.2 Å². The Morgan fingerprint density at radius 3 is 2.68 bits per heavy atom. The summed E-state index contributed by atoms with van der Waals surface area (Å²) in [4.78, 5) is 32.0. The molecule has 0 bridgehead atoms. The maximum Gasteiger partial charge on any atom is 0.255 e. The molecule has 4 heterocycles. The third-order valence-electron chi connectivity index (χ3n) is 6.17. The number of halogens is 2. The van der Waals surface area contributed by atoms with E-state index < -0.39 is 0 Å². The smallest absolute Gasteiger partial charge is 0.255 e. The molecule has 0 radical (unpaired) electrons. The van der Waals surface area contributed by atoms with Gasteiger partial charge in [-0.3, -0.25) is 14.3 Å². The molecule has 0 saturated carbocycles. The van der Waals surface area contributed by atoms with Crippen LogP contribution in [0.5, 0.6) is 0 Å². The lowest BCUT2D eigenvalue weighted by atomic mass is 9.96. The Hall–Kier alpha value is -1.90. The number of aromatic nitrogens is 3. The molecule has 172 valence electrons. The van der Waals surface area contributed by atoms with E-state index >= 15 is 0 Å². The van der Waals surface area contributed by atoms with Crippen LogP contribution in [-0.2, 0) is 11.8 Å². The molecule has 2 aliphatic rings. The molecule has 2 atom stereocenters. The van der Waals surface area contributed by atoms with Gasteiger partial charge in [0.25, 0.3) is 5.91 Å². The van der Waals surface area contributed by atoms with Crippen LogP contribution in [0.15, 0.2) is 6.07 Å². The van der Waals surface area contributed by atoms with Gasteiger partial charge in [0, 0.05) is 32.1 Å². The summed E-state index contributed by atoms with van der Waals surface area (Å²) in [6.45, 7) is 6.77. The first-order valence-electron chi connectivity index (χ1n) is 10.6. The zero-order chi connectivity index (χ0) is 20.5. The Morgan fingerprint density at radius 1 is 1.19 bits per heavy atom. The van der Waals surface area contributed by atoms with Crippen LogP contribution in [-0.4, -0.2) is 63.7 Å². The normalized spacial score (nSPS) is 20.8. The summed E-state index contributed by atoms with van der Waals surface area (Å²) in [7, 11) is 1.87. The van der Waals surface area contributed by atoms with Gasteiger partial charge < -0.3 is 15.5 Å². The molecule has 2 fully saturated rings. The summed E-state index contributed by atoms with van der Waals surface area (Å²) in [6.07, 6.45) is 3.94. The zero-order valence-corrected chi connectivity index (χ0v) is 19.9. The number of carbonyl (C=O) groups excluding carboxylic acids is 2. The molecule has 2 aliphatic heterocycles. The second-order valence-electron chi connectivity index (χ2n) is 8.36. The number of piperidine rings is 1. The van der Waals surface area contributed by atoms with Gasteiger partial charge >= 0.3 is 0 Å². The van der Waals surface area contributed by atoms with Crippen molar-refractivity contribution in [2.24, 2.45) is 13.0 Å². The molecule has 2 aromatic heterocycles. The van der Waals surface area contributed by atoms with Crippen molar-refractivity contribution in [3.63, 3.8) is 0 Å². The lowest BCUT2D eigenvalue weighted by Crippen LogP contribution is -2.46. The average molecular weight is 471 g/mol. The molecule has 10 heteroatoms. The summed E-state index contributed by atoms with van der Waals surface area (Å²) >= 11 is 0. The Bertz CT molecular complexity index is 942. The molecular weight excluding hydrogens is 439 g/mol. The molecule has 2 unspecified atom stereocenters. The third kappa shape index (κ3) is 5.30. The van der Waals surface area contributed by atoms with E-state index in [1.54, 1.807) is 4.68 Å². The van der Waals surface area contributed by atoms with Gasteiger partial charge in [0.1, 0.15) is 0 Å². The van der Waals surface area contributed by atoms with Gasteiger partial charge in [-0.25, -0.2) is 4.98 Å². The summed E-state index contributed by atoms with van der Waals surface area (Å²) < 4.78 is 1.75. The molecule has 2 N–H and O–H groups in total. The minimum absolute atomic E-state index is 0. The molecule has 0 aromatic carbocycles. The van der Waals surface area contributed by atoms with Crippen LogP contribution in [0.4, 0.5) is 0 Å². The van der Waals surface area contributed by atoms with Gasteiger partial charge in [0.15, 0.2) is 5.65 Å². The van der Waals surface area contributed by atoms with Crippen LogP contribution in [0.25, 0.3) is 11.0 Å². The van der Waals surface area contributed by atoms with Crippen molar-refractivity contribution in [1.82, 2.24) is 30.3 Å². The van der Waals surface area contributed by atoms with E-state index in [1.165, 1.54) is 0 Å². The minimum Gasteiger partial charge on any atom is -0.354 e. The first kappa shape index (κ1) is 25.4. The number of nitrogens with zero attached hydrogens (tertiary/aromatic N) is 4. The van der Waals surface area contributed by atoms with Crippen molar-refractivity contribution in [3.05, 3.63) is 23.0 Å². The molecule has 4 rings (SSSR count). The number of aryl methyl sites for hydroxylation is 3. The Morgan fingerprint density at radius 2 is 1.97 bits per heavy atom. The lowest BCUT2D eigenvalue weighted by molar-refractivity contribution is -0.123. The van der Waals surface area contributed by atoms with E-state index in [9.17, 15) is 9.59 Å². The quantitative estimate of drug-likeness (QED) is 0.713. The second kappa shape index (κ2) is 10.6. The van der Waals surface area contributed by atoms with Crippen molar-refractivity contribution >= 4 is 47.7 Å². The van der Waals surface area contributed by atoms with Gasteiger partial charge in [-0.1, -0.05) is 0 Å². The summed E-state index contributed by atoms with van der Waals surface area (Å²) in [6, 6.07) is 1.87. The lowest BCUT2D eigenvalue weighted by Gasteiger charge is -2.33. The fraction of sp³-hybridized carbons (Fsp3) is 0.619. The molecule has 2 amide bonds. The summed E-state index contributed by atoms with van der Waals surface area (Å²) in [5.74, 6) is 0.396. The minimum atomic E-state index is -0.0560. The first-order chi connectivity index (χ1) is 13.9. The SMILES string of the molecule is Cc1nc2c(cc1C(=O)N1CCCC(CNC(=O)C3CCCN3)C1)c(C)nn2C.Cl.Cl. The van der Waals surface area contributed by atoms with Gasteiger partial charge in [0.05, 0.1) is 23.0 Å². The van der Waals surface area contributed by atoms with E-state index in [0.29, 0.717) is 18.7 Å². The number of hydrogen-bond donors (Lipinski definition) is 2. The molecule has 8 nitrogen and oxygen atoms in total. The fourth-order valence-electron chi connectivity index (χ4n) is 4.51. The van der Waals surface area contributed by atoms with Crippen LogP contribution >= 0.6 is 24.8 Å². The van der Waals surface area contributed by atoms with Gasteiger partial charge in [-0.15, -0.1) is 24.8 Å². The van der Waals surface area contributed by atoms with Gasteiger partial charge in [-0.05, 0) is 58.1 Å². The van der Waals surface area contributed by atoms with E-state index in [2.05, 4.69) is 20.7 Å². The van der Waals surface area contributed by atoms with Crippen LogP contribution in [0.3, 0.4) is 0 Å². The number of rotatable bonds is 4.